The summed E-state index contributed by atoms with van der Waals surface area (Å²) in [5.41, 5.74) is 3.41. The molecule has 0 fully saturated rings. The molecule has 4 rings (SSSR count). The van der Waals surface area contributed by atoms with E-state index in [0.717, 1.165) is 16.9 Å². The first-order valence-corrected chi connectivity index (χ1v) is 10.7. The smallest absolute Gasteiger partial charge is 0.294 e. The molecule has 1 atom stereocenters. The molecule has 33 heavy (non-hydrogen) atoms. The molecule has 2 aromatic heterocycles. The second-order valence-corrected chi connectivity index (χ2v) is 8.40. The molecule has 4 aromatic rings. The van der Waals surface area contributed by atoms with E-state index in [-0.39, 0.29) is 10.8 Å². The van der Waals surface area contributed by atoms with Gasteiger partial charge in [0.15, 0.2) is 5.75 Å². The van der Waals surface area contributed by atoms with Crippen LogP contribution >= 0.6 is 11.6 Å². The van der Waals surface area contributed by atoms with Crippen LogP contribution < -0.4 is 10.3 Å². The van der Waals surface area contributed by atoms with Gasteiger partial charge in [-0.2, -0.15) is 0 Å². The number of hydrogen-bond acceptors (Lipinski definition) is 4. The minimum absolute atomic E-state index is 0.000278. The maximum atomic E-state index is 14.0. The van der Waals surface area contributed by atoms with Crippen molar-refractivity contribution in [2.45, 2.75) is 26.8 Å². The number of pyridine rings is 1. The van der Waals surface area contributed by atoms with Crippen LogP contribution in [0, 0.1) is 26.6 Å². The Kier molecular flexibility index (Phi) is 6.35. The molecule has 170 valence electrons. The van der Waals surface area contributed by atoms with Gasteiger partial charge in [0.25, 0.3) is 5.56 Å². The molecule has 2 heterocycles. The van der Waals surface area contributed by atoms with Crippen molar-refractivity contribution in [2.75, 3.05) is 6.61 Å². The maximum absolute atomic E-state index is 14.0. The summed E-state index contributed by atoms with van der Waals surface area (Å²) in [6, 6.07) is 10.4. The van der Waals surface area contributed by atoms with Crippen molar-refractivity contribution in [3.05, 3.63) is 105 Å². The number of aromatic nitrogens is 3. The Morgan fingerprint density at radius 2 is 1.91 bits per heavy atom. The Hall–Kier alpha value is -3.42. The van der Waals surface area contributed by atoms with Gasteiger partial charge in [-0.1, -0.05) is 17.7 Å². The molecule has 6 nitrogen and oxygen atoms in total. The number of hydrogen-bond donors (Lipinski definition) is 1. The average molecular weight is 468 g/mol. The highest BCUT2D eigenvalue weighted by Crippen LogP contribution is 2.27. The molecule has 0 aliphatic heterocycles. The van der Waals surface area contributed by atoms with Crippen LogP contribution in [0.1, 0.15) is 28.4 Å². The molecule has 0 bridgehead atoms. The van der Waals surface area contributed by atoms with Crippen molar-refractivity contribution in [3.8, 4) is 17.2 Å². The van der Waals surface area contributed by atoms with Crippen molar-refractivity contribution >= 4 is 11.6 Å². The zero-order valence-corrected chi connectivity index (χ0v) is 19.2. The molecular formula is C25H23ClFN3O3. The second-order valence-electron chi connectivity index (χ2n) is 7.97. The Labute approximate surface area is 195 Å². The van der Waals surface area contributed by atoms with Gasteiger partial charge in [-0.05, 0) is 67.8 Å². The minimum Gasteiger partial charge on any atom is -0.451 e. The topological polar surface area (TPSA) is 69.3 Å². The number of aryl methyl sites for hydroxylation is 3. The Bertz CT molecular complexity index is 1360. The summed E-state index contributed by atoms with van der Waals surface area (Å²) in [5, 5.41) is 10.3. The van der Waals surface area contributed by atoms with Gasteiger partial charge in [-0.3, -0.25) is 4.79 Å². The molecular weight excluding hydrogens is 445 g/mol. The van der Waals surface area contributed by atoms with Gasteiger partial charge in [0, 0.05) is 24.1 Å². The number of benzene rings is 2. The van der Waals surface area contributed by atoms with E-state index < -0.39 is 24.0 Å². The number of nitrogens with zero attached hydrogens (tertiary/aromatic N) is 3. The zero-order valence-electron chi connectivity index (χ0n) is 18.4. The molecule has 8 heteroatoms. The van der Waals surface area contributed by atoms with Crippen molar-refractivity contribution in [1.29, 1.82) is 0 Å². The van der Waals surface area contributed by atoms with E-state index in [0.29, 0.717) is 16.9 Å². The first kappa shape index (κ1) is 22.8. The quantitative estimate of drug-likeness (QED) is 0.427. The standard InChI is InChI=1S/C25H23ClFN3O3/c1-15-6-18(9-20(27)7-15)23(13-31)30-12-19(26)10-24(25(30)32)33-21-4-5-22(16(2)8-21)29-11-17(3)28-14-29/h4-12,14,23,31H,13H2,1-3H3/t23-/m0/s1. The monoisotopic (exact) mass is 467 g/mol. The third kappa shape index (κ3) is 4.84. The lowest BCUT2D eigenvalue weighted by atomic mass is 10.0. The van der Waals surface area contributed by atoms with Gasteiger partial charge in [0.1, 0.15) is 11.6 Å². The average Bonchev–Trinajstić information content (AvgIpc) is 3.17. The Balaban J connectivity index is 1.70. The fraction of sp³-hybridized carbons (Fsp3) is 0.200. The van der Waals surface area contributed by atoms with Crippen LogP contribution in [0.25, 0.3) is 5.69 Å². The van der Waals surface area contributed by atoms with Gasteiger partial charge in [-0.15, -0.1) is 0 Å². The molecule has 0 aliphatic carbocycles. The van der Waals surface area contributed by atoms with Crippen molar-refractivity contribution in [1.82, 2.24) is 14.1 Å². The van der Waals surface area contributed by atoms with Crippen LogP contribution in [-0.2, 0) is 0 Å². The lowest BCUT2D eigenvalue weighted by molar-refractivity contribution is 0.245. The predicted molar refractivity (Wildman–Crippen MR) is 125 cm³/mol. The van der Waals surface area contributed by atoms with Gasteiger partial charge in [0.2, 0.25) is 0 Å². The Morgan fingerprint density at radius 1 is 1.12 bits per heavy atom. The summed E-state index contributed by atoms with van der Waals surface area (Å²) in [6.45, 7) is 5.17. The summed E-state index contributed by atoms with van der Waals surface area (Å²) in [4.78, 5) is 17.5. The first-order chi connectivity index (χ1) is 15.7. The third-order valence-corrected chi connectivity index (χ3v) is 5.53. The number of aliphatic hydroxyl groups is 1. The summed E-state index contributed by atoms with van der Waals surface area (Å²) >= 11 is 6.27. The molecule has 0 spiro atoms. The van der Waals surface area contributed by atoms with Gasteiger partial charge < -0.3 is 19.0 Å². The summed E-state index contributed by atoms with van der Waals surface area (Å²) in [6.07, 6.45) is 5.06. The number of imidazole rings is 1. The van der Waals surface area contributed by atoms with Crippen LogP contribution in [0.2, 0.25) is 5.02 Å². The van der Waals surface area contributed by atoms with E-state index in [2.05, 4.69) is 4.98 Å². The molecule has 0 saturated carbocycles. The fourth-order valence-electron chi connectivity index (χ4n) is 3.82. The highest BCUT2D eigenvalue weighted by atomic mass is 35.5. The lowest BCUT2D eigenvalue weighted by Crippen LogP contribution is -2.28. The normalized spacial score (nSPS) is 12.1. The third-order valence-electron chi connectivity index (χ3n) is 5.32. The van der Waals surface area contributed by atoms with E-state index in [9.17, 15) is 14.3 Å². The van der Waals surface area contributed by atoms with Crippen LogP contribution in [-0.4, -0.2) is 25.8 Å². The molecule has 0 aliphatic rings. The molecule has 1 N–H and O–H groups in total. The largest absolute Gasteiger partial charge is 0.451 e. The van der Waals surface area contributed by atoms with E-state index in [1.165, 1.54) is 29.0 Å². The van der Waals surface area contributed by atoms with E-state index >= 15 is 0 Å². The Morgan fingerprint density at radius 3 is 2.55 bits per heavy atom. The fourth-order valence-corrected chi connectivity index (χ4v) is 4.02. The highest BCUT2D eigenvalue weighted by Gasteiger charge is 2.19. The highest BCUT2D eigenvalue weighted by molar-refractivity contribution is 6.30. The van der Waals surface area contributed by atoms with Crippen molar-refractivity contribution < 1.29 is 14.2 Å². The number of rotatable bonds is 6. The summed E-state index contributed by atoms with van der Waals surface area (Å²) in [7, 11) is 0. The summed E-state index contributed by atoms with van der Waals surface area (Å²) < 4.78 is 23.0. The van der Waals surface area contributed by atoms with Gasteiger partial charge in [0.05, 0.1) is 29.7 Å². The molecule has 0 saturated heterocycles. The summed E-state index contributed by atoms with van der Waals surface area (Å²) in [5.74, 6) is 0.0134. The molecule has 2 aromatic carbocycles. The number of halogens is 2. The lowest BCUT2D eigenvalue weighted by Gasteiger charge is -2.20. The SMILES string of the molecule is Cc1cc(F)cc([C@H](CO)n2cc(Cl)cc(Oc3ccc(-n4cnc(C)c4)c(C)c3)c2=O)c1. The predicted octanol–water partition coefficient (Wildman–Crippen LogP) is 5.13. The van der Waals surface area contributed by atoms with Gasteiger partial charge in [-0.25, -0.2) is 9.37 Å². The van der Waals surface area contributed by atoms with Crippen LogP contribution in [0.15, 0.2) is 66.0 Å². The van der Waals surface area contributed by atoms with Crippen molar-refractivity contribution in [3.63, 3.8) is 0 Å². The zero-order chi connectivity index (χ0) is 23.7. The molecule has 0 radical (unpaired) electrons. The minimum atomic E-state index is -0.818. The van der Waals surface area contributed by atoms with E-state index in [4.69, 9.17) is 16.3 Å². The molecule has 0 amide bonds. The second kappa shape index (κ2) is 9.21. The number of ether oxygens (including phenoxy) is 1. The molecule has 0 unspecified atom stereocenters. The van der Waals surface area contributed by atoms with E-state index in [1.807, 2.05) is 36.7 Å². The first-order valence-electron chi connectivity index (χ1n) is 10.3. The van der Waals surface area contributed by atoms with Gasteiger partial charge >= 0.3 is 0 Å². The van der Waals surface area contributed by atoms with E-state index in [1.54, 1.807) is 25.4 Å². The van der Waals surface area contributed by atoms with Crippen LogP contribution in [0.4, 0.5) is 4.39 Å². The van der Waals surface area contributed by atoms with Crippen LogP contribution in [0.3, 0.4) is 0 Å². The van der Waals surface area contributed by atoms with Crippen molar-refractivity contribution in [2.24, 2.45) is 0 Å². The van der Waals surface area contributed by atoms with Crippen LogP contribution in [0.5, 0.6) is 11.5 Å². The number of aliphatic hydroxyl groups excluding tert-OH is 1. The maximum Gasteiger partial charge on any atom is 0.294 e.